The Balaban J connectivity index is 3.03. The maximum atomic E-state index is 13.4. The number of carbonyl (C=O) groups excluding carboxylic acids is 1. The fraction of sp³-hybridized carbons (Fsp3) is 0.364. The van der Waals surface area contributed by atoms with Crippen LogP contribution in [0.2, 0.25) is 0 Å². The van der Waals surface area contributed by atoms with Gasteiger partial charge in [0.2, 0.25) is 0 Å². The van der Waals surface area contributed by atoms with Crippen LogP contribution in [0.25, 0.3) is 0 Å². The largest absolute Gasteiger partial charge is 0.494 e. The Morgan fingerprint density at radius 2 is 2.12 bits per heavy atom. The Labute approximate surface area is 92.0 Å². The number of hydrogen-bond acceptors (Lipinski definition) is 3. The van der Waals surface area contributed by atoms with Crippen molar-refractivity contribution in [2.45, 2.75) is 12.8 Å². The Morgan fingerprint density at radius 1 is 1.44 bits per heavy atom. The molecule has 0 bridgehead atoms. The van der Waals surface area contributed by atoms with Crippen molar-refractivity contribution in [3.8, 4) is 5.75 Å². The van der Waals surface area contributed by atoms with E-state index in [9.17, 15) is 13.6 Å². The summed E-state index contributed by atoms with van der Waals surface area (Å²) in [4.78, 5) is 10.9. The van der Waals surface area contributed by atoms with Crippen LogP contribution in [0.15, 0.2) is 24.3 Å². The normalized spacial score (nSPS) is 11.0. The van der Waals surface area contributed by atoms with Crippen LogP contribution in [0.3, 0.4) is 0 Å². The zero-order valence-corrected chi connectivity index (χ0v) is 9.00. The lowest BCUT2D eigenvalue weighted by Gasteiger charge is -2.14. The van der Waals surface area contributed by atoms with Crippen molar-refractivity contribution >= 4 is 5.97 Å². The van der Waals surface area contributed by atoms with Crippen molar-refractivity contribution in [1.29, 1.82) is 0 Å². The highest BCUT2D eigenvalue weighted by molar-refractivity contribution is 5.79. The van der Waals surface area contributed by atoms with Gasteiger partial charge in [-0.1, -0.05) is 12.1 Å². The molecular weight excluding hydrogens is 218 g/mol. The highest BCUT2D eigenvalue weighted by Gasteiger charge is 2.42. The van der Waals surface area contributed by atoms with Crippen molar-refractivity contribution in [2.24, 2.45) is 0 Å². The molecule has 88 valence electrons. The van der Waals surface area contributed by atoms with Crippen LogP contribution in [-0.2, 0) is 15.5 Å². The van der Waals surface area contributed by atoms with E-state index < -0.39 is 17.5 Å². The van der Waals surface area contributed by atoms with Crippen LogP contribution in [0.1, 0.15) is 12.5 Å². The Kier molecular flexibility index (Phi) is 3.82. The minimum atomic E-state index is -3.65. The van der Waals surface area contributed by atoms with Crippen molar-refractivity contribution in [1.82, 2.24) is 0 Å². The number of benzene rings is 1. The van der Waals surface area contributed by atoms with Crippen molar-refractivity contribution < 1.29 is 23.0 Å². The molecule has 0 atom stereocenters. The Bertz CT molecular complexity index is 377. The number of rotatable bonds is 4. The van der Waals surface area contributed by atoms with Gasteiger partial charge in [0.15, 0.2) is 0 Å². The van der Waals surface area contributed by atoms with Gasteiger partial charge >= 0.3 is 11.9 Å². The zero-order chi connectivity index (χ0) is 12.2. The zero-order valence-electron chi connectivity index (χ0n) is 9.00. The van der Waals surface area contributed by atoms with Crippen molar-refractivity contribution in [2.75, 3.05) is 13.7 Å². The molecule has 0 amide bonds. The first-order valence-corrected chi connectivity index (χ1v) is 4.72. The topological polar surface area (TPSA) is 35.5 Å². The third kappa shape index (κ3) is 2.48. The summed E-state index contributed by atoms with van der Waals surface area (Å²) < 4.78 is 36.0. The molecule has 5 heteroatoms. The Morgan fingerprint density at radius 3 is 2.69 bits per heavy atom. The van der Waals surface area contributed by atoms with Crippen molar-refractivity contribution in [3.05, 3.63) is 29.8 Å². The van der Waals surface area contributed by atoms with E-state index in [1.165, 1.54) is 6.07 Å². The molecule has 0 unspecified atom stereocenters. The molecule has 0 fully saturated rings. The van der Waals surface area contributed by atoms with Crippen LogP contribution in [0.4, 0.5) is 8.78 Å². The molecule has 0 saturated heterocycles. The summed E-state index contributed by atoms with van der Waals surface area (Å²) in [6.45, 7) is 2.11. The van der Waals surface area contributed by atoms with E-state index in [2.05, 4.69) is 4.74 Å². The third-order valence-electron chi connectivity index (χ3n) is 1.95. The number of ether oxygens (including phenoxy) is 2. The summed E-state index contributed by atoms with van der Waals surface area (Å²) in [5.74, 6) is -4.94. The van der Waals surface area contributed by atoms with Gasteiger partial charge in [-0.25, -0.2) is 4.79 Å². The monoisotopic (exact) mass is 230 g/mol. The highest BCUT2D eigenvalue weighted by Crippen LogP contribution is 2.31. The predicted molar refractivity (Wildman–Crippen MR) is 53.5 cm³/mol. The number of alkyl halides is 2. The number of halogens is 2. The number of carbonyl (C=O) groups is 1. The number of esters is 1. The van der Waals surface area contributed by atoms with Crippen LogP contribution < -0.4 is 4.74 Å². The third-order valence-corrected chi connectivity index (χ3v) is 1.95. The van der Waals surface area contributed by atoms with Crippen LogP contribution in [0.5, 0.6) is 5.75 Å². The van der Waals surface area contributed by atoms with E-state index in [0.717, 1.165) is 19.2 Å². The Hall–Kier alpha value is -1.65. The molecule has 0 heterocycles. The van der Waals surface area contributed by atoms with Gasteiger partial charge in [0.25, 0.3) is 0 Å². The van der Waals surface area contributed by atoms with Gasteiger partial charge in [0.05, 0.1) is 13.7 Å². The smallest absolute Gasteiger partial charge is 0.381 e. The maximum Gasteiger partial charge on any atom is 0.381 e. The average molecular weight is 230 g/mol. The van der Waals surface area contributed by atoms with Gasteiger partial charge < -0.3 is 9.47 Å². The molecule has 0 saturated carbocycles. The fourth-order valence-electron chi connectivity index (χ4n) is 1.19. The van der Waals surface area contributed by atoms with Crippen LogP contribution in [-0.4, -0.2) is 19.7 Å². The van der Waals surface area contributed by atoms with E-state index in [4.69, 9.17) is 4.74 Å². The predicted octanol–water partition coefficient (Wildman–Crippen LogP) is 2.35. The van der Waals surface area contributed by atoms with Gasteiger partial charge in [0, 0.05) is 5.56 Å². The minimum absolute atomic E-state index is 0.295. The second-order valence-electron chi connectivity index (χ2n) is 3.03. The van der Waals surface area contributed by atoms with Crippen molar-refractivity contribution in [3.63, 3.8) is 0 Å². The molecule has 3 nitrogen and oxygen atoms in total. The molecule has 0 spiro atoms. The molecule has 0 aliphatic rings. The lowest BCUT2D eigenvalue weighted by Crippen LogP contribution is -2.27. The summed E-state index contributed by atoms with van der Waals surface area (Å²) in [7, 11) is 0.919. The minimum Gasteiger partial charge on any atom is -0.494 e. The number of hydrogen-bond donors (Lipinski definition) is 0. The summed E-state index contributed by atoms with van der Waals surface area (Å²) in [5.41, 5.74) is -0.440. The van der Waals surface area contributed by atoms with Gasteiger partial charge in [0.1, 0.15) is 5.75 Å². The average Bonchev–Trinajstić information content (AvgIpc) is 2.28. The lowest BCUT2D eigenvalue weighted by atomic mass is 10.1. The van der Waals surface area contributed by atoms with Gasteiger partial charge in [-0.05, 0) is 19.1 Å². The van der Waals surface area contributed by atoms with E-state index in [1.54, 1.807) is 13.0 Å². The number of methoxy groups -OCH3 is 1. The molecule has 1 rings (SSSR count). The van der Waals surface area contributed by atoms with Gasteiger partial charge in [-0.2, -0.15) is 8.78 Å². The standard InChI is InChI=1S/C11H12F2O3/c1-3-16-9-6-4-5-8(7-9)11(12,13)10(14)15-2/h4-7H,3H2,1-2H3. The summed E-state index contributed by atoms with van der Waals surface area (Å²) in [6.07, 6.45) is 0. The maximum absolute atomic E-state index is 13.4. The van der Waals surface area contributed by atoms with Crippen LogP contribution in [0, 0.1) is 0 Å². The molecule has 0 aromatic heterocycles. The summed E-state index contributed by atoms with van der Waals surface area (Å²) in [5, 5.41) is 0. The van der Waals surface area contributed by atoms with E-state index in [-0.39, 0.29) is 0 Å². The van der Waals surface area contributed by atoms with E-state index >= 15 is 0 Å². The SMILES string of the molecule is CCOc1cccc(C(F)(F)C(=O)OC)c1. The fourth-order valence-corrected chi connectivity index (χ4v) is 1.19. The molecule has 16 heavy (non-hydrogen) atoms. The summed E-state index contributed by atoms with van der Waals surface area (Å²) in [6, 6.07) is 5.22. The first-order valence-electron chi connectivity index (χ1n) is 4.72. The quantitative estimate of drug-likeness (QED) is 0.745. The highest BCUT2D eigenvalue weighted by atomic mass is 19.3. The molecule has 0 aliphatic carbocycles. The molecule has 0 radical (unpaired) electrons. The molecule has 1 aromatic carbocycles. The van der Waals surface area contributed by atoms with Gasteiger partial charge in [-0.3, -0.25) is 0 Å². The summed E-state index contributed by atoms with van der Waals surface area (Å²) >= 11 is 0. The van der Waals surface area contributed by atoms with E-state index in [1.807, 2.05) is 0 Å². The molecule has 1 aromatic rings. The second kappa shape index (κ2) is 4.92. The van der Waals surface area contributed by atoms with Gasteiger partial charge in [-0.15, -0.1) is 0 Å². The first kappa shape index (κ1) is 12.4. The molecule has 0 N–H and O–H groups in total. The first-order chi connectivity index (χ1) is 7.52. The van der Waals surface area contributed by atoms with E-state index in [0.29, 0.717) is 12.4 Å². The lowest BCUT2D eigenvalue weighted by molar-refractivity contribution is -0.170. The van der Waals surface area contributed by atoms with Crippen LogP contribution >= 0.6 is 0 Å². The molecule has 0 aliphatic heterocycles. The molecular formula is C11H12F2O3. The second-order valence-corrected chi connectivity index (χ2v) is 3.03.